The molecule has 0 saturated heterocycles. The Balaban J connectivity index is 1.58. The first-order valence-electron chi connectivity index (χ1n) is 12.6. The van der Waals surface area contributed by atoms with Crippen LogP contribution in [0.4, 0.5) is 5.69 Å². The first kappa shape index (κ1) is 26.0. The Hall–Kier alpha value is -3.21. The maximum atomic E-state index is 14.2. The molecule has 1 spiro atoms. The maximum Gasteiger partial charge on any atom is 0.268 e. The van der Waals surface area contributed by atoms with Crippen molar-refractivity contribution < 1.29 is 21.6 Å². The summed E-state index contributed by atoms with van der Waals surface area (Å²) in [5, 5.41) is 1.02. The Labute approximate surface area is 232 Å². The van der Waals surface area contributed by atoms with E-state index in [2.05, 4.69) is 4.98 Å². The third kappa shape index (κ3) is 4.34. The molecule has 4 aromatic rings. The molecule has 1 aliphatic heterocycles. The SMILES string of the molecule is CS(=O)(=O)CCCc1c(CN2C(=O)C3(CC3)c3ccncc32)n(S(=O)(=O)c2ccccc2)c2cc(Cl)ccc12. The highest BCUT2D eigenvalue weighted by atomic mass is 35.5. The lowest BCUT2D eigenvalue weighted by Gasteiger charge is -2.21. The van der Waals surface area contributed by atoms with Crippen LogP contribution in [-0.4, -0.2) is 43.7 Å². The second-order valence-corrected chi connectivity index (χ2v) is 14.8. The third-order valence-corrected chi connectivity index (χ3v) is 10.7. The second kappa shape index (κ2) is 9.18. The van der Waals surface area contributed by atoms with Gasteiger partial charge in [-0.15, -0.1) is 0 Å². The molecule has 0 bridgehead atoms. The molecule has 6 rings (SSSR count). The summed E-state index contributed by atoms with van der Waals surface area (Å²) in [7, 11) is -7.34. The number of aromatic nitrogens is 2. The summed E-state index contributed by atoms with van der Waals surface area (Å²) in [6.07, 6.45) is 6.59. The van der Waals surface area contributed by atoms with Crippen LogP contribution in [0.25, 0.3) is 10.9 Å². The van der Waals surface area contributed by atoms with Gasteiger partial charge in [0.25, 0.3) is 10.0 Å². The van der Waals surface area contributed by atoms with E-state index in [1.807, 2.05) is 6.07 Å². The number of anilines is 1. The lowest BCUT2D eigenvalue weighted by molar-refractivity contribution is -0.120. The van der Waals surface area contributed by atoms with Gasteiger partial charge in [-0.3, -0.25) is 9.78 Å². The number of carbonyl (C=O) groups is 1. The van der Waals surface area contributed by atoms with Crippen LogP contribution in [0.15, 0.2) is 71.9 Å². The minimum absolute atomic E-state index is 0.00809. The number of fused-ring (bicyclic) bond motifs is 3. The number of amides is 1. The van der Waals surface area contributed by atoms with Gasteiger partial charge in [0, 0.05) is 22.9 Å². The highest BCUT2D eigenvalue weighted by Gasteiger charge is 2.59. The smallest absolute Gasteiger partial charge is 0.268 e. The first-order valence-corrected chi connectivity index (χ1v) is 16.5. The summed E-state index contributed by atoms with van der Waals surface area (Å²) in [6.45, 7) is -0.00809. The number of rotatable bonds is 8. The zero-order valence-electron chi connectivity index (χ0n) is 21.2. The van der Waals surface area contributed by atoms with Crippen molar-refractivity contribution in [3.8, 4) is 0 Å². The van der Waals surface area contributed by atoms with Crippen LogP contribution in [0.5, 0.6) is 0 Å². The molecule has 0 unspecified atom stereocenters. The number of benzene rings is 2. The maximum absolute atomic E-state index is 14.2. The second-order valence-electron chi connectivity index (χ2n) is 10.3. The highest BCUT2D eigenvalue weighted by molar-refractivity contribution is 7.90. The molecule has 1 amide bonds. The molecule has 11 heteroatoms. The number of hydrogen-bond donors (Lipinski definition) is 0. The standard InChI is InChI=1S/C28H26ClN3O5S2/c1-38(34,35)15-5-8-21-22-10-9-19(29)16-24(22)32(39(36,37)20-6-3-2-4-7-20)26(21)18-31-25-17-30-14-11-23(25)28(12-13-28)27(31)33/h2-4,6-7,9-11,14,16-17H,5,8,12-13,15,18H2,1H3. The van der Waals surface area contributed by atoms with Gasteiger partial charge in [0.2, 0.25) is 5.91 Å². The van der Waals surface area contributed by atoms with Crippen molar-refractivity contribution in [1.82, 2.24) is 8.96 Å². The Morgan fingerprint density at radius 3 is 2.46 bits per heavy atom. The van der Waals surface area contributed by atoms with E-state index in [1.54, 1.807) is 53.7 Å². The van der Waals surface area contributed by atoms with E-state index in [4.69, 9.17) is 11.6 Å². The van der Waals surface area contributed by atoms with Gasteiger partial charge in [-0.1, -0.05) is 35.9 Å². The van der Waals surface area contributed by atoms with E-state index in [9.17, 15) is 21.6 Å². The average molecular weight is 584 g/mol. The third-order valence-electron chi connectivity index (χ3n) is 7.64. The van der Waals surface area contributed by atoms with Crippen molar-refractivity contribution in [3.05, 3.63) is 88.8 Å². The van der Waals surface area contributed by atoms with E-state index in [-0.39, 0.29) is 23.1 Å². The van der Waals surface area contributed by atoms with Crippen LogP contribution < -0.4 is 4.90 Å². The average Bonchev–Trinajstić information content (AvgIpc) is 3.60. The molecule has 2 aromatic carbocycles. The molecule has 3 heterocycles. The molecule has 8 nitrogen and oxygen atoms in total. The van der Waals surface area contributed by atoms with Crippen LogP contribution in [0.3, 0.4) is 0 Å². The monoisotopic (exact) mass is 583 g/mol. The summed E-state index contributed by atoms with van der Waals surface area (Å²) in [5.41, 5.74) is 2.49. The molecule has 0 N–H and O–H groups in total. The van der Waals surface area contributed by atoms with Gasteiger partial charge in [0.1, 0.15) is 9.84 Å². The lowest BCUT2D eigenvalue weighted by Crippen LogP contribution is -2.33. The summed E-state index contributed by atoms with van der Waals surface area (Å²) >= 11 is 6.36. The van der Waals surface area contributed by atoms with Crippen molar-refractivity contribution in [1.29, 1.82) is 0 Å². The van der Waals surface area contributed by atoms with Crippen molar-refractivity contribution in [3.63, 3.8) is 0 Å². The Kier molecular flexibility index (Phi) is 6.13. The number of sulfone groups is 1. The number of hydrogen-bond acceptors (Lipinski definition) is 6. The molecule has 2 aliphatic rings. The van der Waals surface area contributed by atoms with Gasteiger partial charge in [0.05, 0.1) is 45.7 Å². The molecule has 1 aliphatic carbocycles. The van der Waals surface area contributed by atoms with E-state index in [0.717, 1.165) is 18.4 Å². The molecule has 1 saturated carbocycles. The molecule has 39 heavy (non-hydrogen) atoms. The zero-order chi connectivity index (χ0) is 27.6. The van der Waals surface area contributed by atoms with Crippen LogP contribution in [0.1, 0.15) is 36.1 Å². The molecular weight excluding hydrogens is 558 g/mol. The van der Waals surface area contributed by atoms with Crippen LogP contribution in [-0.2, 0) is 43.0 Å². The Morgan fingerprint density at radius 1 is 1.03 bits per heavy atom. The molecular formula is C28H26ClN3O5S2. The predicted octanol–water partition coefficient (Wildman–Crippen LogP) is 4.48. The fourth-order valence-corrected chi connectivity index (χ4v) is 8.09. The van der Waals surface area contributed by atoms with Gasteiger partial charge in [-0.25, -0.2) is 20.8 Å². The summed E-state index contributed by atoms with van der Waals surface area (Å²) in [6, 6.07) is 15.0. The van der Waals surface area contributed by atoms with Gasteiger partial charge in [-0.2, -0.15) is 0 Å². The number of carbonyl (C=O) groups excluding carboxylic acids is 1. The van der Waals surface area contributed by atoms with Gasteiger partial charge < -0.3 is 4.90 Å². The van der Waals surface area contributed by atoms with E-state index >= 15 is 0 Å². The van der Waals surface area contributed by atoms with Crippen molar-refractivity contribution in [2.45, 2.75) is 42.5 Å². The lowest BCUT2D eigenvalue weighted by atomic mass is 9.99. The molecule has 0 atom stereocenters. The fraction of sp³-hybridized carbons (Fsp3) is 0.286. The number of nitrogens with zero attached hydrogens (tertiary/aromatic N) is 3. The topological polar surface area (TPSA) is 106 Å². The van der Waals surface area contributed by atoms with Gasteiger partial charge in [-0.05, 0) is 67.1 Å². The summed E-state index contributed by atoms with van der Waals surface area (Å²) in [5.74, 6) is -0.115. The zero-order valence-corrected chi connectivity index (χ0v) is 23.6. The van der Waals surface area contributed by atoms with Crippen LogP contribution in [0.2, 0.25) is 5.02 Å². The Morgan fingerprint density at radius 2 is 1.77 bits per heavy atom. The largest absolute Gasteiger partial charge is 0.304 e. The minimum Gasteiger partial charge on any atom is -0.304 e. The van der Waals surface area contributed by atoms with Crippen molar-refractivity contribution in [2.75, 3.05) is 16.9 Å². The van der Waals surface area contributed by atoms with Gasteiger partial charge >= 0.3 is 0 Å². The van der Waals surface area contributed by atoms with Crippen molar-refractivity contribution in [2.24, 2.45) is 0 Å². The molecule has 2 aromatic heterocycles. The molecule has 202 valence electrons. The number of halogens is 1. The Bertz CT molecular complexity index is 1850. The molecule has 0 radical (unpaired) electrons. The normalized spacial score (nSPS) is 16.3. The highest BCUT2D eigenvalue weighted by Crippen LogP contribution is 2.57. The molecule has 1 fully saturated rings. The quantitative estimate of drug-likeness (QED) is 0.303. The van der Waals surface area contributed by atoms with E-state index < -0.39 is 25.3 Å². The number of pyridine rings is 1. The predicted molar refractivity (Wildman–Crippen MR) is 150 cm³/mol. The minimum atomic E-state index is -4.11. The van der Waals surface area contributed by atoms with E-state index in [0.29, 0.717) is 45.7 Å². The van der Waals surface area contributed by atoms with E-state index in [1.165, 1.54) is 22.4 Å². The summed E-state index contributed by atoms with van der Waals surface area (Å²) < 4.78 is 53.5. The fourth-order valence-electron chi connectivity index (χ4n) is 5.68. The summed E-state index contributed by atoms with van der Waals surface area (Å²) in [4.78, 5) is 19.7. The van der Waals surface area contributed by atoms with Crippen molar-refractivity contribution >= 4 is 54.0 Å². The first-order chi connectivity index (χ1) is 18.5. The van der Waals surface area contributed by atoms with Crippen LogP contribution in [0, 0.1) is 0 Å². The van der Waals surface area contributed by atoms with Crippen LogP contribution >= 0.6 is 11.6 Å². The number of aryl methyl sites for hydroxylation is 1. The van der Waals surface area contributed by atoms with Gasteiger partial charge in [0.15, 0.2) is 0 Å².